The van der Waals surface area contributed by atoms with E-state index in [0.717, 1.165) is 16.8 Å². The summed E-state index contributed by atoms with van der Waals surface area (Å²) < 4.78 is 10.5. The molecule has 0 radical (unpaired) electrons. The van der Waals surface area contributed by atoms with Gasteiger partial charge >= 0.3 is 0 Å². The number of hydrazone groups is 1. The first kappa shape index (κ1) is 17.0. The van der Waals surface area contributed by atoms with E-state index in [9.17, 15) is 5.11 Å². The molecule has 0 unspecified atom stereocenters. The Morgan fingerprint density at radius 3 is 2.52 bits per heavy atom. The molecule has 0 aliphatic rings. The van der Waals surface area contributed by atoms with E-state index in [2.05, 4.69) is 10.5 Å². The zero-order valence-electron chi connectivity index (χ0n) is 13.3. The first-order chi connectivity index (χ1) is 11.0. The zero-order chi connectivity index (χ0) is 16.8. The van der Waals surface area contributed by atoms with Crippen LogP contribution >= 0.6 is 11.6 Å². The van der Waals surface area contributed by atoms with E-state index >= 15 is 0 Å². The Bertz CT molecular complexity index is 717. The van der Waals surface area contributed by atoms with Gasteiger partial charge in [-0.1, -0.05) is 17.7 Å². The maximum Gasteiger partial charge on any atom is 0.161 e. The van der Waals surface area contributed by atoms with E-state index < -0.39 is 0 Å². The lowest BCUT2D eigenvalue weighted by Crippen LogP contribution is -2.09. The Morgan fingerprint density at radius 1 is 1.13 bits per heavy atom. The Hall–Kier alpha value is -2.40. The van der Waals surface area contributed by atoms with Crippen molar-refractivity contribution in [2.24, 2.45) is 5.10 Å². The minimum Gasteiger partial charge on any atom is -0.506 e. The predicted octanol–water partition coefficient (Wildman–Crippen LogP) is 3.58. The molecular weight excluding hydrogens is 316 g/mol. The molecule has 0 spiro atoms. The highest BCUT2D eigenvalue weighted by molar-refractivity contribution is 6.32. The molecule has 2 aromatic rings. The van der Waals surface area contributed by atoms with Crippen molar-refractivity contribution in [2.45, 2.75) is 13.5 Å². The third kappa shape index (κ3) is 4.29. The minimum atomic E-state index is 0.0569. The van der Waals surface area contributed by atoms with Crippen LogP contribution in [0, 0.1) is 0 Å². The number of nitrogens with zero attached hydrogens (tertiary/aromatic N) is 1. The quantitative estimate of drug-likeness (QED) is 0.626. The second kappa shape index (κ2) is 7.74. The van der Waals surface area contributed by atoms with Crippen LogP contribution in [0.15, 0.2) is 41.5 Å². The van der Waals surface area contributed by atoms with E-state index in [0.29, 0.717) is 23.1 Å². The highest BCUT2D eigenvalue weighted by Crippen LogP contribution is 2.27. The van der Waals surface area contributed by atoms with Crippen molar-refractivity contribution in [1.82, 2.24) is 5.43 Å². The van der Waals surface area contributed by atoms with Gasteiger partial charge in [-0.3, -0.25) is 0 Å². The summed E-state index contributed by atoms with van der Waals surface area (Å²) in [5.74, 6) is 1.42. The Morgan fingerprint density at radius 2 is 1.87 bits per heavy atom. The van der Waals surface area contributed by atoms with Gasteiger partial charge in [0.2, 0.25) is 0 Å². The molecule has 0 aliphatic carbocycles. The number of ether oxygens (including phenoxy) is 2. The number of aromatic hydroxyl groups is 1. The summed E-state index contributed by atoms with van der Waals surface area (Å²) in [6.45, 7) is 2.41. The van der Waals surface area contributed by atoms with E-state index in [4.69, 9.17) is 21.1 Å². The summed E-state index contributed by atoms with van der Waals surface area (Å²) in [7, 11) is 3.21. The summed E-state index contributed by atoms with van der Waals surface area (Å²) in [4.78, 5) is 0. The molecule has 0 saturated heterocycles. The van der Waals surface area contributed by atoms with Gasteiger partial charge in [-0.15, -0.1) is 0 Å². The van der Waals surface area contributed by atoms with E-state index in [1.807, 2.05) is 25.1 Å². The molecule has 2 N–H and O–H groups in total. The molecular formula is C17H19ClN2O3. The first-order valence-electron chi connectivity index (χ1n) is 7.02. The topological polar surface area (TPSA) is 63.1 Å². The van der Waals surface area contributed by atoms with E-state index in [-0.39, 0.29) is 5.75 Å². The van der Waals surface area contributed by atoms with Crippen LogP contribution in [-0.4, -0.2) is 25.0 Å². The monoisotopic (exact) mass is 334 g/mol. The summed E-state index contributed by atoms with van der Waals surface area (Å²) >= 11 is 5.90. The fourth-order valence-corrected chi connectivity index (χ4v) is 2.22. The predicted molar refractivity (Wildman–Crippen MR) is 91.7 cm³/mol. The van der Waals surface area contributed by atoms with Gasteiger partial charge in [-0.25, -0.2) is 0 Å². The lowest BCUT2D eigenvalue weighted by atomic mass is 10.1. The van der Waals surface area contributed by atoms with Gasteiger partial charge in [0.15, 0.2) is 11.5 Å². The van der Waals surface area contributed by atoms with Crippen LogP contribution in [0.2, 0.25) is 5.02 Å². The molecule has 2 rings (SSSR count). The molecule has 0 atom stereocenters. The van der Waals surface area contributed by atoms with Crippen molar-refractivity contribution in [2.75, 3.05) is 14.2 Å². The number of benzene rings is 2. The highest BCUT2D eigenvalue weighted by Gasteiger charge is 2.05. The van der Waals surface area contributed by atoms with Crippen LogP contribution in [0.1, 0.15) is 18.1 Å². The summed E-state index contributed by atoms with van der Waals surface area (Å²) in [5.41, 5.74) is 5.64. The number of rotatable bonds is 6. The standard InChI is InChI=1S/C17H19ClN2O3/c1-11(13-5-6-15(21)14(18)9-13)20-19-10-12-4-7-16(22-2)17(8-12)23-3/h4-9,19,21H,10H2,1-3H3/b20-11+. The molecule has 0 heterocycles. The Labute approximate surface area is 140 Å². The number of halogens is 1. The highest BCUT2D eigenvalue weighted by atomic mass is 35.5. The molecule has 122 valence electrons. The maximum absolute atomic E-state index is 9.43. The second-order valence-electron chi connectivity index (χ2n) is 4.89. The van der Waals surface area contributed by atoms with Crippen molar-refractivity contribution in [3.05, 3.63) is 52.5 Å². The fourth-order valence-electron chi connectivity index (χ4n) is 2.04. The minimum absolute atomic E-state index is 0.0569. The molecule has 0 aromatic heterocycles. The van der Waals surface area contributed by atoms with Gasteiger partial charge in [0, 0.05) is 0 Å². The number of hydrogen-bond acceptors (Lipinski definition) is 5. The molecule has 0 bridgehead atoms. The number of phenolic OH excluding ortho intramolecular Hbond substituents is 1. The van der Waals surface area contributed by atoms with Crippen LogP contribution in [0.3, 0.4) is 0 Å². The molecule has 23 heavy (non-hydrogen) atoms. The average Bonchev–Trinajstić information content (AvgIpc) is 2.57. The lowest BCUT2D eigenvalue weighted by molar-refractivity contribution is 0.354. The smallest absolute Gasteiger partial charge is 0.161 e. The second-order valence-corrected chi connectivity index (χ2v) is 5.29. The largest absolute Gasteiger partial charge is 0.506 e. The molecule has 5 nitrogen and oxygen atoms in total. The number of hydrogen-bond donors (Lipinski definition) is 2. The molecule has 0 amide bonds. The maximum atomic E-state index is 9.43. The van der Waals surface area contributed by atoms with Gasteiger partial charge in [0.1, 0.15) is 5.75 Å². The summed E-state index contributed by atoms with van der Waals surface area (Å²) in [5, 5.41) is 14.0. The van der Waals surface area contributed by atoms with Crippen LogP contribution < -0.4 is 14.9 Å². The van der Waals surface area contributed by atoms with Gasteiger partial charge in [0.25, 0.3) is 0 Å². The molecule has 2 aromatic carbocycles. The van der Waals surface area contributed by atoms with E-state index in [1.165, 1.54) is 0 Å². The SMILES string of the molecule is COc1ccc(CN/N=C(\C)c2ccc(O)c(Cl)c2)cc1OC. The molecule has 0 fully saturated rings. The zero-order valence-corrected chi connectivity index (χ0v) is 14.0. The van der Waals surface area contributed by atoms with Gasteiger partial charge in [-0.2, -0.15) is 5.10 Å². The average molecular weight is 335 g/mol. The number of methoxy groups -OCH3 is 2. The molecule has 0 saturated carbocycles. The number of nitrogens with one attached hydrogen (secondary N) is 1. The third-order valence-corrected chi connectivity index (χ3v) is 3.65. The van der Waals surface area contributed by atoms with Crippen LogP contribution in [-0.2, 0) is 6.54 Å². The number of phenols is 1. The molecule has 0 aliphatic heterocycles. The van der Waals surface area contributed by atoms with Crippen molar-refractivity contribution in [1.29, 1.82) is 0 Å². The van der Waals surface area contributed by atoms with Gasteiger partial charge in [0.05, 0.1) is 31.5 Å². The third-order valence-electron chi connectivity index (χ3n) is 3.34. The van der Waals surface area contributed by atoms with Crippen LogP contribution in [0.4, 0.5) is 0 Å². The first-order valence-corrected chi connectivity index (χ1v) is 7.40. The van der Waals surface area contributed by atoms with Gasteiger partial charge in [-0.05, 0) is 48.4 Å². The summed E-state index contributed by atoms with van der Waals surface area (Å²) in [6, 6.07) is 10.7. The Kier molecular flexibility index (Phi) is 5.71. The van der Waals surface area contributed by atoms with E-state index in [1.54, 1.807) is 32.4 Å². The summed E-state index contributed by atoms with van der Waals surface area (Å²) in [6.07, 6.45) is 0. The lowest BCUT2D eigenvalue weighted by Gasteiger charge is -2.10. The van der Waals surface area contributed by atoms with Crippen LogP contribution in [0.25, 0.3) is 0 Å². The van der Waals surface area contributed by atoms with Crippen molar-refractivity contribution in [3.63, 3.8) is 0 Å². The van der Waals surface area contributed by atoms with Crippen molar-refractivity contribution >= 4 is 17.3 Å². The van der Waals surface area contributed by atoms with Gasteiger partial charge < -0.3 is 20.0 Å². The normalized spacial score (nSPS) is 11.2. The van der Waals surface area contributed by atoms with Crippen molar-refractivity contribution in [3.8, 4) is 17.2 Å². The fraction of sp³-hybridized carbons (Fsp3) is 0.235. The van der Waals surface area contributed by atoms with Crippen LogP contribution in [0.5, 0.6) is 17.2 Å². The Balaban J connectivity index is 2.04. The molecule has 6 heteroatoms. The van der Waals surface area contributed by atoms with Crippen molar-refractivity contribution < 1.29 is 14.6 Å².